The van der Waals surface area contributed by atoms with E-state index in [0.717, 1.165) is 23.1 Å². The van der Waals surface area contributed by atoms with Crippen molar-refractivity contribution in [3.63, 3.8) is 0 Å². The van der Waals surface area contributed by atoms with Crippen molar-refractivity contribution in [1.29, 1.82) is 0 Å². The molecule has 2 unspecified atom stereocenters. The first kappa shape index (κ1) is 19.6. The monoisotopic (exact) mass is 382 g/mol. The highest BCUT2D eigenvalue weighted by molar-refractivity contribution is 5.85. The van der Waals surface area contributed by atoms with Crippen LogP contribution in [0.15, 0.2) is 36.9 Å². The molecule has 0 amide bonds. The van der Waals surface area contributed by atoms with Crippen molar-refractivity contribution in [3.05, 3.63) is 59.7 Å². The van der Waals surface area contributed by atoms with Crippen LogP contribution < -0.4 is 0 Å². The van der Waals surface area contributed by atoms with Gasteiger partial charge in [0.1, 0.15) is 0 Å². The maximum absolute atomic E-state index is 14.8. The maximum atomic E-state index is 14.8. The number of halogens is 2. The van der Waals surface area contributed by atoms with Crippen LogP contribution in [-0.4, -0.2) is 0 Å². The third kappa shape index (κ3) is 3.75. The SMILES string of the molecule is C=CCCc1cc2ccc([C@@H]3CC[C@@H]4CC(CC)CCC4C3)cc2c(F)c1F. The Kier molecular flexibility index (Phi) is 5.85. The molecule has 0 bridgehead atoms. The zero-order valence-electron chi connectivity index (χ0n) is 17.0. The van der Waals surface area contributed by atoms with Crippen LogP contribution in [-0.2, 0) is 6.42 Å². The van der Waals surface area contributed by atoms with E-state index < -0.39 is 11.6 Å². The van der Waals surface area contributed by atoms with Gasteiger partial charge in [0.25, 0.3) is 0 Å². The molecule has 0 aliphatic heterocycles. The number of allylic oxidation sites excluding steroid dienone is 1. The summed E-state index contributed by atoms with van der Waals surface area (Å²) in [7, 11) is 0. The second-order valence-corrected chi connectivity index (χ2v) is 9.09. The Hall–Kier alpha value is -1.70. The molecule has 2 heteroatoms. The highest BCUT2D eigenvalue weighted by Gasteiger charge is 2.35. The quantitative estimate of drug-likeness (QED) is 0.460. The minimum Gasteiger partial charge on any atom is -0.203 e. The summed E-state index contributed by atoms with van der Waals surface area (Å²) in [5.41, 5.74) is 1.64. The van der Waals surface area contributed by atoms with Gasteiger partial charge in [0, 0.05) is 5.39 Å². The first-order valence-electron chi connectivity index (χ1n) is 11.1. The van der Waals surface area contributed by atoms with Crippen molar-refractivity contribution in [2.75, 3.05) is 0 Å². The average Bonchev–Trinajstić information content (AvgIpc) is 2.74. The Bertz CT molecular complexity index is 853. The van der Waals surface area contributed by atoms with Crippen molar-refractivity contribution in [3.8, 4) is 0 Å². The molecular weight excluding hydrogens is 350 g/mol. The van der Waals surface area contributed by atoms with Gasteiger partial charge in [-0.15, -0.1) is 6.58 Å². The normalized spacial score (nSPS) is 27.5. The fourth-order valence-electron chi connectivity index (χ4n) is 5.75. The minimum absolute atomic E-state index is 0.439. The third-order valence-electron chi connectivity index (χ3n) is 7.51. The largest absolute Gasteiger partial charge is 0.203 e. The minimum atomic E-state index is -0.687. The van der Waals surface area contributed by atoms with Gasteiger partial charge in [0.15, 0.2) is 11.6 Å². The van der Waals surface area contributed by atoms with Crippen LogP contribution in [0, 0.1) is 29.4 Å². The molecule has 0 radical (unpaired) electrons. The Balaban J connectivity index is 1.57. The topological polar surface area (TPSA) is 0 Å². The van der Waals surface area contributed by atoms with Crippen LogP contribution in [0.4, 0.5) is 8.78 Å². The van der Waals surface area contributed by atoms with Crippen LogP contribution in [0.2, 0.25) is 0 Å². The molecule has 2 saturated carbocycles. The summed E-state index contributed by atoms with van der Waals surface area (Å²) in [6.07, 6.45) is 12.0. The molecular formula is C26H32F2. The molecule has 2 aromatic carbocycles. The van der Waals surface area contributed by atoms with Crippen molar-refractivity contribution in [2.24, 2.45) is 17.8 Å². The van der Waals surface area contributed by atoms with Gasteiger partial charge in [-0.3, -0.25) is 0 Å². The number of aryl methyl sites for hydroxylation is 1. The first-order chi connectivity index (χ1) is 13.6. The molecule has 0 heterocycles. The summed E-state index contributed by atoms with van der Waals surface area (Å²) < 4.78 is 29.3. The molecule has 0 spiro atoms. The molecule has 0 nitrogen and oxygen atoms in total. The molecule has 0 N–H and O–H groups in total. The van der Waals surface area contributed by atoms with Gasteiger partial charge < -0.3 is 0 Å². The van der Waals surface area contributed by atoms with E-state index in [4.69, 9.17) is 0 Å². The van der Waals surface area contributed by atoms with E-state index in [-0.39, 0.29) is 0 Å². The van der Waals surface area contributed by atoms with E-state index in [1.807, 2.05) is 18.2 Å². The first-order valence-corrected chi connectivity index (χ1v) is 11.1. The molecule has 0 aromatic heterocycles. The summed E-state index contributed by atoms with van der Waals surface area (Å²) in [5, 5.41) is 1.24. The lowest BCUT2D eigenvalue weighted by Crippen LogP contribution is -2.30. The predicted molar refractivity (Wildman–Crippen MR) is 114 cm³/mol. The number of rotatable bonds is 5. The van der Waals surface area contributed by atoms with Crippen LogP contribution >= 0.6 is 0 Å². The molecule has 4 atom stereocenters. The lowest BCUT2D eigenvalue weighted by atomic mass is 9.63. The lowest BCUT2D eigenvalue weighted by molar-refractivity contribution is 0.116. The molecule has 28 heavy (non-hydrogen) atoms. The fraction of sp³-hybridized carbons (Fsp3) is 0.538. The van der Waals surface area contributed by atoms with Crippen LogP contribution in [0.1, 0.15) is 75.3 Å². The van der Waals surface area contributed by atoms with Crippen LogP contribution in [0.25, 0.3) is 10.8 Å². The number of benzene rings is 2. The predicted octanol–water partition coefficient (Wildman–Crippen LogP) is 7.95. The zero-order chi connectivity index (χ0) is 19.7. The smallest absolute Gasteiger partial charge is 0.166 e. The molecule has 4 rings (SSSR count). The van der Waals surface area contributed by atoms with Gasteiger partial charge in [0.05, 0.1) is 0 Å². The standard InChI is InChI=1S/C26H32F2/c1-3-5-6-23-15-22-12-11-21(16-24(22)26(28)25(23)27)20-10-9-18-13-17(4-2)7-8-19(18)14-20/h3,11-12,15-20H,1,4-10,13-14H2,2H3/t17?,18-,19?,20-/m1/s1. The second-order valence-electron chi connectivity index (χ2n) is 9.09. The number of hydrogen-bond donors (Lipinski definition) is 0. The Labute approximate surface area is 168 Å². The molecule has 2 fully saturated rings. The van der Waals surface area contributed by atoms with Crippen molar-refractivity contribution < 1.29 is 8.78 Å². The van der Waals surface area contributed by atoms with Gasteiger partial charge in [0.2, 0.25) is 0 Å². The second kappa shape index (κ2) is 8.35. The molecule has 2 aromatic rings. The highest BCUT2D eigenvalue weighted by Crippen LogP contribution is 2.48. The van der Waals surface area contributed by atoms with Crippen LogP contribution in [0.3, 0.4) is 0 Å². The Morgan fingerprint density at radius 2 is 1.79 bits per heavy atom. The van der Waals surface area contributed by atoms with E-state index >= 15 is 0 Å². The van der Waals surface area contributed by atoms with Gasteiger partial charge in [-0.05, 0) is 97.3 Å². The van der Waals surface area contributed by atoms with Crippen molar-refractivity contribution >= 4 is 10.8 Å². The molecule has 0 saturated heterocycles. The zero-order valence-corrected chi connectivity index (χ0v) is 17.0. The van der Waals surface area contributed by atoms with E-state index in [2.05, 4.69) is 19.6 Å². The maximum Gasteiger partial charge on any atom is 0.166 e. The lowest BCUT2D eigenvalue weighted by Gasteiger charge is -2.42. The van der Waals surface area contributed by atoms with E-state index in [1.54, 1.807) is 6.08 Å². The third-order valence-corrected chi connectivity index (χ3v) is 7.51. The van der Waals surface area contributed by atoms with Gasteiger partial charge in [-0.25, -0.2) is 8.78 Å². The van der Waals surface area contributed by atoms with Crippen molar-refractivity contribution in [1.82, 2.24) is 0 Å². The number of hydrogen-bond acceptors (Lipinski definition) is 0. The summed E-state index contributed by atoms with van der Waals surface area (Å²) in [6, 6.07) is 7.88. The van der Waals surface area contributed by atoms with Gasteiger partial charge >= 0.3 is 0 Å². The molecule has 2 aliphatic rings. The molecule has 150 valence electrons. The summed E-state index contributed by atoms with van der Waals surface area (Å²) >= 11 is 0. The summed E-state index contributed by atoms with van der Waals surface area (Å²) in [6.45, 7) is 6.00. The van der Waals surface area contributed by atoms with E-state index in [1.165, 1.54) is 50.5 Å². The summed E-state index contributed by atoms with van der Waals surface area (Å²) in [4.78, 5) is 0. The Morgan fingerprint density at radius 3 is 2.57 bits per heavy atom. The van der Waals surface area contributed by atoms with Gasteiger partial charge in [-0.2, -0.15) is 0 Å². The fourth-order valence-corrected chi connectivity index (χ4v) is 5.75. The Morgan fingerprint density at radius 1 is 1.00 bits per heavy atom. The van der Waals surface area contributed by atoms with Crippen LogP contribution in [0.5, 0.6) is 0 Å². The number of fused-ring (bicyclic) bond motifs is 2. The molecule has 2 aliphatic carbocycles. The highest BCUT2D eigenvalue weighted by atomic mass is 19.2. The summed E-state index contributed by atoms with van der Waals surface area (Å²) in [5.74, 6) is 1.75. The van der Waals surface area contributed by atoms with Gasteiger partial charge in [-0.1, -0.05) is 38.0 Å². The average molecular weight is 383 g/mol. The van der Waals surface area contributed by atoms with Crippen molar-refractivity contribution in [2.45, 2.75) is 70.6 Å². The van der Waals surface area contributed by atoms with E-state index in [0.29, 0.717) is 29.7 Å². The van der Waals surface area contributed by atoms with E-state index in [9.17, 15) is 8.78 Å².